The molecule has 5 nitrogen and oxygen atoms in total. The average Bonchev–Trinajstić information content (AvgIpc) is 2.54. The number of hydrogen-bond acceptors (Lipinski definition) is 4. The van der Waals surface area contributed by atoms with Gasteiger partial charge < -0.3 is 10.2 Å². The number of anilines is 3. The number of benzene rings is 2. The fraction of sp³-hybridized carbons (Fsp3) is 0.235. The number of amides is 1. The van der Waals surface area contributed by atoms with Gasteiger partial charge in [-0.25, -0.2) is 8.42 Å². The van der Waals surface area contributed by atoms with E-state index in [1.54, 1.807) is 12.1 Å². The van der Waals surface area contributed by atoms with Gasteiger partial charge in [0.05, 0.1) is 11.4 Å². The monoisotopic (exact) mass is 332 g/mol. The van der Waals surface area contributed by atoms with Crippen LogP contribution in [0, 0.1) is 0 Å². The fourth-order valence-corrected chi connectivity index (χ4v) is 2.54. The summed E-state index contributed by atoms with van der Waals surface area (Å²) in [5.74, 6) is -0.540. The summed E-state index contributed by atoms with van der Waals surface area (Å²) in [6.45, 7) is 1.38. The predicted octanol–water partition coefficient (Wildman–Crippen LogP) is 2.83. The van der Waals surface area contributed by atoms with Crippen LogP contribution >= 0.6 is 0 Å². The lowest BCUT2D eigenvalue weighted by Crippen LogP contribution is -2.32. The molecule has 2 rings (SSSR count). The van der Waals surface area contributed by atoms with Crippen LogP contribution in [0.2, 0.25) is 0 Å². The standard InChI is InChI=1S/C17H20N2O3S/c1-13(23(3,21)22)17(20)18-15-11-7-8-12-16(15)19(2)14-9-5-4-6-10-14/h4-13H,1-3H3,(H,18,20)/t13-/m1/s1. The molecule has 6 heteroatoms. The van der Waals surface area contributed by atoms with Gasteiger partial charge in [0.1, 0.15) is 5.25 Å². The van der Waals surface area contributed by atoms with Crippen molar-refractivity contribution in [2.45, 2.75) is 12.2 Å². The first-order valence-electron chi connectivity index (χ1n) is 7.18. The largest absolute Gasteiger partial charge is 0.343 e. The van der Waals surface area contributed by atoms with Crippen molar-refractivity contribution < 1.29 is 13.2 Å². The van der Waals surface area contributed by atoms with E-state index in [2.05, 4.69) is 5.32 Å². The van der Waals surface area contributed by atoms with Gasteiger partial charge in [-0.2, -0.15) is 0 Å². The summed E-state index contributed by atoms with van der Waals surface area (Å²) in [5.41, 5.74) is 2.32. The molecule has 0 fully saturated rings. The highest BCUT2D eigenvalue weighted by Gasteiger charge is 2.24. The first-order valence-corrected chi connectivity index (χ1v) is 9.13. The van der Waals surface area contributed by atoms with Crippen molar-refractivity contribution in [1.29, 1.82) is 0 Å². The number of carbonyl (C=O) groups excluding carboxylic acids is 1. The minimum Gasteiger partial charge on any atom is -0.343 e. The highest BCUT2D eigenvalue weighted by atomic mass is 32.2. The van der Waals surface area contributed by atoms with E-state index in [0.29, 0.717) is 5.69 Å². The Morgan fingerprint density at radius 1 is 1.04 bits per heavy atom. The molecule has 2 aromatic rings. The van der Waals surface area contributed by atoms with Crippen LogP contribution in [0.3, 0.4) is 0 Å². The number of carbonyl (C=O) groups is 1. The predicted molar refractivity (Wildman–Crippen MR) is 93.9 cm³/mol. The Morgan fingerprint density at radius 3 is 2.22 bits per heavy atom. The second-order valence-electron chi connectivity index (χ2n) is 5.37. The zero-order valence-electron chi connectivity index (χ0n) is 13.4. The smallest absolute Gasteiger partial charge is 0.242 e. The SMILES string of the molecule is C[C@H](C(=O)Nc1ccccc1N(C)c1ccccc1)S(C)(=O)=O. The van der Waals surface area contributed by atoms with E-state index >= 15 is 0 Å². The molecule has 0 bridgehead atoms. The third-order valence-corrected chi connectivity index (χ3v) is 5.18. The van der Waals surface area contributed by atoms with Gasteiger partial charge in [-0.15, -0.1) is 0 Å². The Kier molecular flexibility index (Phi) is 5.05. The third-order valence-electron chi connectivity index (χ3n) is 3.68. The molecule has 0 aliphatic rings. The Bertz CT molecular complexity index is 788. The highest BCUT2D eigenvalue weighted by Crippen LogP contribution is 2.30. The van der Waals surface area contributed by atoms with Gasteiger partial charge in [0.2, 0.25) is 5.91 Å². The van der Waals surface area contributed by atoms with Crippen molar-refractivity contribution in [3.63, 3.8) is 0 Å². The molecule has 23 heavy (non-hydrogen) atoms. The number of sulfone groups is 1. The normalized spacial score (nSPS) is 12.5. The van der Waals surface area contributed by atoms with Crippen LogP contribution < -0.4 is 10.2 Å². The Balaban J connectivity index is 2.30. The molecule has 122 valence electrons. The van der Waals surface area contributed by atoms with Gasteiger partial charge in [0, 0.05) is 19.0 Å². The number of hydrogen-bond donors (Lipinski definition) is 1. The van der Waals surface area contributed by atoms with Crippen LogP contribution in [0.15, 0.2) is 54.6 Å². The van der Waals surface area contributed by atoms with Gasteiger partial charge >= 0.3 is 0 Å². The maximum atomic E-state index is 12.2. The Hall–Kier alpha value is -2.34. The van der Waals surface area contributed by atoms with Crippen LogP contribution in [0.5, 0.6) is 0 Å². The van der Waals surface area contributed by atoms with E-state index in [0.717, 1.165) is 17.6 Å². The van der Waals surface area contributed by atoms with Crippen molar-refractivity contribution in [3.05, 3.63) is 54.6 Å². The molecule has 0 heterocycles. The van der Waals surface area contributed by atoms with E-state index in [1.807, 2.05) is 54.4 Å². The maximum Gasteiger partial charge on any atom is 0.242 e. The van der Waals surface area contributed by atoms with Gasteiger partial charge in [0.25, 0.3) is 0 Å². The van der Waals surface area contributed by atoms with Gasteiger partial charge in [-0.05, 0) is 31.2 Å². The van der Waals surface area contributed by atoms with Crippen LogP contribution in [0.4, 0.5) is 17.1 Å². The summed E-state index contributed by atoms with van der Waals surface area (Å²) in [7, 11) is -1.54. The molecule has 1 N–H and O–H groups in total. The first kappa shape index (κ1) is 17.0. The fourth-order valence-electron chi connectivity index (χ4n) is 2.09. The Labute approximate surface area is 136 Å². The lowest BCUT2D eigenvalue weighted by molar-refractivity contribution is -0.115. The zero-order valence-corrected chi connectivity index (χ0v) is 14.2. The van der Waals surface area contributed by atoms with E-state index in [9.17, 15) is 13.2 Å². The minimum absolute atomic E-state index is 0.540. The van der Waals surface area contributed by atoms with Gasteiger partial charge in [-0.1, -0.05) is 30.3 Å². The summed E-state index contributed by atoms with van der Waals surface area (Å²) in [4.78, 5) is 14.1. The molecule has 1 atom stereocenters. The summed E-state index contributed by atoms with van der Waals surface area (Å²) in [6, 6.07) is 17.0. The summed E-state index contributed by atoms with van der Waals surface area (Å²) >= 11 is 0. The van der Waals surface area contributed by atoms with Gasteiger partial charge in [-0.3, -0.25) is 4.79 Å². The highest BCUT2D eigenvalue weighted by molar-refractivity contribution is 7.92. The van der Waals surface area contributed by atoms with E-state index < -0.39 is 21.0 Å². The lowest BCUT2D eigenvalue weighted by Gasteiger charge is -2.23. The van der Waals surface area contributed by atoms with Crippen LogP contribution in [0.1, 0.15) is 6.92 Å². The number of nitrogens with one attached hydrogen (secondary N) is 1. The molecule has 1 amide bonds. The average molecular weight is 332 g/mol. The van der Waals surface area contributed by atoms with E-state index in [1.165, 1.54) is 6.92 Å². The molecule has 0 spiro atoms. The van der Waals surface area contributed by atoms with Crippen molar-refractivity contribution >= 4 is 32.8 Å². The first-order chi connectivity index (χ1) is 10.8. The maximum absolute atomic E-state index is 12.2. The summed E-state index contributed by atoms with van der Waals surface area (Å²) < 4.78 is 23.1. The molecule has 0 aliphatic heterocycles. The topological polar surface area (TPSA) is 66.5 Å². The molecule has 0 aliphatic carbocycles. The third kappa shape index (κ3) is 4.10. The molecular formula is C17H20N2O3S. The molecular weight excluding hydrogens is 312 g/mol. The number of para-hydroxylation sites is 3. The van der Waals surface area contributed by atoms with Crippen molar-refractivity contribution in [1.82, 2.24) is 0 Å². The Morgan fingerprint density at radius 2 is 1.61 bits per heavy atom. The molecule has 0 saturated heterocycles. The number of nitrogens with zero attached hydrogens (tertiary/aromatic N) is 1. The zero-order chi connectivity index (χ0) is 17.0. The van der Waals surface area contributed by atoms with E-state index in [-0.39, 0.29) is 0 Å². The molecule has 0 aromatic heterocycles. The molecule has 2 aromatic carbocycles. The quantitative estimate of drug-likeness (QED) is 0.914. The molecule has 0 saturated carbocycles. The molecule has 0 radical (unpaired) electrons. The van der Waals surface area contributed by atoms with Gasteiger partial charge in [0.15, 0.2) is 9.84 Å². The summed E-state index contributed by atoms with van der Waals surface area (Å²) in [5, 5.41) is 1.61. The second-order valence-corrected chi connectivity index (χ2v) is 7.74. The molecule has 0 unspecified atom stereocenters. The summed E-state index contributed by atoms with van der Waals surface area (Å²) in [6.07, 6.45) is 1.05. The minimum atomic E-state index is -3.43. The lowest BCUT2D eigenvalue weighted by atomic mass is 10.2. The van der Waals surface area contributed by atoms with Crippen LogP contribution in [-0.2, 0) is 14.6 Å². The van der Waals surface area contributed by atoms with Crippen LogP contribution in [-0.4, -0.2) is 32.9 Å². The van der Waals surface area contributed by atoms with Crippen LogP contribution in [0.25, 0.3) is 0 Å². The number of rotatable bonds is 5. The van der Waals surface area contributed by atoms with Crippen molar-refractivity contribution in [3.8, 4) is 0 Å². The van der Waals surface area contributed by atoms with Crippen molar-refractivity contribution in [2.75, 3.05) is 23.5 Å². The second kappa shape index (κ2) is 6.83. The van der Waals surface area contributed by atoms with Crippen molar-refractivity contribution in [2.24, 2.45) is 0 Å². The van der Waals surface area contributed by atoms with E-state index in [4.69, 9.17) is 0 Å².